The lowest BCUT2D eigenvalue weighted by Gasteiger charge is -2.16. The third-order valence-electron chi connectivity index (χ3n) is 2.06. The van der Waals surface area contributed by atoms with Gasteiger partial charge in [0.05, 0.1) is 0 Å². The summed E-state index contributed by atoms with van der Waals surface area (Å²) >= 11 is 5.14. The Bertz CT molecular complexity index is 320. The Hall–Kier alpha value is -1.29. The van der Waals surface area contributed by atoms with Gasteiger partial charge in [0.15, 0.2) is 5.11 Å². The largest absolute Gasteiger partial charge is 0.399 e. The molecule has 1 saturated heterocycles. The molecule has 1 aromatic carbocycles. The molecule has 0 saturated carbocycles. The van der Waals surface area contributed by atoms with E-state index in [4.69, 9.17) is 18.0 Å². The van der Waals surface area contributed by atoms with Gasteiger partial charge in [-0.15, -0.1) is 0 Å². The summed E-state index contributed by atoms with van der Waals surface area (Å²) in [6.45, 7) is 1.85. The summed E-state index contributed by atoms with van der Waals surface area (Å²) in [5.74, 6) is 0. The predicted octanol–water partition coefficient (Wildman–Crippen LogP) is 0.963. The maximum Gasteiger partial charge on any atom is 0.173 e. The van der Waals surface area contributed by atoms with Crippen LogP contribution in [-0.4, -0.2) is 18.2 Å². The monoisotopic (exact) mass is 193 g/mol. The molecule has 1 fully saturated rings. The van der Waals surface area contributed by atoms with Crippen LogP contribution in [0, 0.1) is 0 Å². The number of hydrogen-bond donors (Lipinski definition) is 2. The van der Waals surface area contributed by atoms with E-state index in [1.807, 2.05) is 24.3 Å². The number of anilines is 2. The SMILES string of the molecule is Nc1ccc(N2CCNC2=S)cc1. The highest BCUT2D eigenvalue weighted by atomic mass is 32.1. The van der Waals surface area contributed by atoms with Crippen molar-refractivity contribution in [2.45, 2.75) is 0 Å². The molecule has 0 atom stereocenters. The van der Waals surface area contributed by atoms with E-state index < -0.39 is 0 Å². The fourth-order valence-electron chi connectivity index (χ4n) is 1.37. The first-order chi connectivity index (χ1) is 6.27. The van der Waals surface area contributed by atoms with Crippen LogP contribution in [0.3, 0.4) is 0 Å². The summed E-state index contributed by atoms with van der Waals surface area (Å²) in [5, 5.41) is 3.90. The number of hydrogen-bond acceptors (Lipinski definition) is 2. The highest BCUT2D eigenvalue weighted by Gasteiger charge is 2.16. The average Bonchev–Trinajstić information content (AvgIpc) is 2.53. The van der Waals surface area contributed by atoms with Crippen molar-refractivity contribution in [2.75, 3.05) is 23.7 Å². The molecule has 0 unspecified atom stereocenters. The molecular formula is C9H11N3S. The normalized spacial score (nSPS) is 16.0. The lowest BCUT2D eigenvalue weighted by Crippen LogP contribution is -2.27. The molecule has 2 rings (SSSR count). The van der Waals surface area contributed by atoms with Gasteiger partial charge in [-0.2, -0.15) is 0 Å². The molecule has 0 amide bonds. The summed E-state index contributed by atoms with van der Waals surface area (Å²) < 4.78 is 0. The third kappa shape index (κ3) is 1.58. The van der Waals surface area contributed by atoms with Gasteiger partial charge in [0.1, 0.15) is 0 Å². The summed E-state index contributed by atoms with van der Waals surface area (Å²) in [6, 6.07) is 7.73. The fourth-order valence-corrected chi connectivity index (χ4v) is 1.67. The number of nitrogen functional groups attached to an aromatic ring is 1. The van der Waals surface area contributed by atoms with Crippen LogP contribution in [0.25, 0.3) is 0 Å². The number of thiocarbonyl (C=S) groups is 1. The summed E-state index contributed by atoms with van der Waals surface area (Å²) in [6.07, 6.45) is 0. The first-order valence-corrected chi connectivity index (χ1v) is 4.59. The second-order valence-electron chi connectivity index (χ2n) is 2.98. The van der Waals surface area contributed by atoms with Crippen molar-refractivity contribution in [2.24, 2.45) is 0 Å². The van der Waals surface area contributed by atoms with Crippen molar-refractivity contribution >= 4 is 28.7 Å². The molecule has 4 heteroatoms. The molecule has 3 nitrogen and oxygen atoms in total. The van der Waals surface area contributed by atoms with Crippen LogP contribution in [0.15, 0.2) is 24.3 Å². The van der Waals surface area contributed by atoms with E-state index in [-0.39, 0.29) is 0 Å². The van der Waals surface area contributed by atoms with Crippen LogP contribution in [0.5, 0.6) is 0 Å². The van der Waals surface area contributed by atoms with Crippen molar-refractivity contribution in [3.05, 3.63) is 24.3 Å². The number of nitrogens with one attached hydrogen (secondary N) is 1. The van der Waals surface area contributed by atoms with Gasteiger partial charge in [-0.1, -0.05) is 0 Å². The molecule has 1 aromatic rings. The van der Waals surface area contributed by atoms with Gasteiger partial charge in [0.2, 0.25) is 0 Å². The van der Waals surface area contributed by atoms with Gasteiger partial charge in [0.25, 0.3) is 0 Å². The Labute approximate surface area is 82.5 Å². The second-order valence-corrected chi connectivity index (χ2v) is 3.36. The second kappa shape index (κ2) is 3.22. The summed E-state index contributed by atoms with van der Waals surface area (Å²) in [4.78, 5) is 2.06. The van der Waals surface area contributed by atoms with Crippen LogP contribution in [0.2, 0.25) is 0 Å². The zero-order valence-corrected chi connectivity index (χ0v) is 7.97. The van der Waals surface area contributed by atoms with Crippen LogP contribution < -0.4 is 16.0 Å². The van der Waals surface area contributed by atoms with E-state index in [0.29, 0.717) is 0 Å². The van der Waals surface area contributed by atoms with Crippen molar-refractivity contribution < 1.29 is 0 Å². The van der Waals surface area contributed by atoms with Crippen LogP contribution >= 0.6 is 12.2 Å². The van der Waals surface area contributed by atoms with E-state index in [1.165, 1.54) is 0 Å². The molecule has 1 aliphatic rings. The highest BCUT2D eigenvalue weighted by Crippen LogP contribution is 2.17. The van der Waals surface area contributed by atoms with Gasteiger partial charge in [-0.3, -0.25) is 0 Å². The Kier molecular flexibility index (Phi) is 2.06. The summed E-state index contributed by atoms with van der Waals surface area (Å²) in [7, 11) is 0. The van der Waals surface area contributed by atoms with Crippen LogP contribution in [-0.2, 0) is 0 Å². The summed E-state index contributed by atoms with van der Waals surface area (Å²) in [5.41, 5.74) is 7.47. The number of nitrogens with two attached hydrogens (primary N) is 1. The smallest absolute Gasteiger partial charge is 0.173 e. The van der Waals surface area contributed by atoms with E-state index in [2.05, 4.69) is 10.2 Å². The van der Waals surface area contributed by atoms with Crippen molar-refractivity contribution in [1.82, 2.24) is 5.32 Å². The van der Waals surface area contributed by atoms with Crippen LogP contribution in [0.1, 0.15) is 0 Å². The van der Waals surface area contributed by atoms with E-state index >= 15 is 0 Å². The predicted molar refractivity (Wildman–Crippen MR) is 58.8 cm³/mol. The minimum absolute atomic E-state index is 0.779. The molecule has 68 valence electrons. The van der Waals surface area contributed by atoms with E-state index in [1.54, 1.807) is 0 Å². The minimum Gasteiger partial charge on any atom is -0.399 e. The van der Waals surface area contributed by atoms with E-state index in [9.17, 15) is 0 Å². The van der Waals surface area contributed by atoms with Gasteiger partial charge in [0, 0.05) is 24.5 Å². The van der Waals surface area contributed by atoms with Crippen molar-refractivity contribution in [1.29, 1.82) is 0 Å². The Balaban J connectivity index is 2.25. The molecule has 0 aromatic heterocycles. The van der Waals surface area contributed by atoms with Crippen molar-refractivity contribution in [3.8, 4) is 0 Å². The molecular weight excluding hydrogens is 182 g/mol. The van der Waals surface area contributed by atoms with Gasteiger partial charge < -0.3 is 16.0 Å². The Morgan fingerprint density at radius 2 is 2.00 bits per heavy atom. The first-order valence-electron chi connectivity index (χ1n) is 4.18. The third-order valence-corrected chi connectivity index (χ3v) is 2.43. The molecule has 13 heavy (non-hydrogen) atoms. The topological polar surface area (TPSA) is 41.3 Å². The lowest BCUT2D eigenvalue weighted by atomic mass is 10.2. The lowest BCUT2D eigenvalue weighted by molar-refractivity contribution is 0.975. The number of nitrogens with zero attached hydrogens (tertiary/aromatic N) is 1. The average molecular weight is 193 g/mol. The van der Waals surface area contributed by atoms with Crippen LogP contribution in [0.4, 0.5) is 11.4 Å². The maximum atomic E-state index is 5.59. The van der Waals surface area contributed by atoms with Gasteiger partial charge >= 0.3 is 0 Å². The fraction of sp³-hybridized carbons (Fsp3) is 0.222. The molecule has 1 heterocycles. The molecule has 0 spiro atoms. The Morgan fingerprint density at radius 1 is 1.31 bits per heavy atom. The minimum atomic E-state index is 0.779. The highest BCUT2D eigenvalue weighted by molar-refractivity contribution is 7.80. The van der Waals surface area contributed by atoms with Gasteiger partial charge in [-0.25, -0.2) is 0 Å². The molecule has 1 aliphatic heterocycles. The standard InChI is InChI=1S/C9H11N3S/c10-7-1-3-8(4-2-7)12-6-5-11-9(12)13/h1-4H,5-6,10H2,(H,11,13). The van der Waals surface area contributed by atoms with Crippen molar-refractivity contribution in [3.63, 3.8) is 0 Å². The molecule has 0 radical (unpaired) electrons. The zero-order chi connectivity index (χ0) is 9.26. The van der Waals surface area contributed by atoms with E-state index in [0.717, 1.165) is 29.6 Å². The molecule has 0 aliphatic carbocycles. The zero-order valence-electron chi connectivity index (χ0n) is 7.16. The Morgan fingerprint density at radius 3 is 2.54 bits per heavy atom. The number of benzene rings is 1. The maximum absolute atomic E-state index is 5.59. The molecule has 3 N–H and O–H groups in total. The number of rotatable bonds is 1. The quantitative estimate of drug-likeness (QED) is 0.515. The van der Waals surface area contributed by atoms with Gasteiger partial charge in [-0.05, 0) is 36.5 Å². The first kappa shape index (κ1) is 8.31. The molecule has 0 bridgehead atoms.